The molecule has 1 fully saturated rings. The van der Waals surface area contributed by atoms with Crippen molar-refractivity contribution < 1.29 is 14.3 Å². The summed E-state index contributed by atoms with van der Waals surface area (Å²) >= 11 is 0. The molecule has 0 spiro atoms. The van der Waals surface area contributed by atoms with Gasteiger partial charge in [0.2, 0.25) is 11.8 Å². The molecule has 1 saturated heterocycles. The highest BCUT2D eigenvalue weighted by Gasteiger charge is 2.22. The number of amides is 2. The zero-order chi connectivity index (χ0) is 18.2. The number of carbonyl (C=O) groups excluding carboxylic acids is 2. The van der Waals surface area contributed by atoms with Crippen LogP contribution in [0, 0.1) is 0 Å². The lowest BCUT2D eigenvalue weighted by molar-refractivity contribution is -0.132. The second-order valence-corrected chi connectivity index (χ2v) is 6.14. The summed E-state index contributed by atoms with van der Waals surface area (Å²) in [7, 11) is 0. The van der Waals surface area contributed by atoms with Gasteiger partial charge in [0.25, 0.3) is 0 Å². The molecule has 1 aliphatic heterocycles. The summed E-state index contributed by atoms with van der Waals surface area (Å²) in [5.74, 6) is 0.691. The summed E-state index contributed by atoms with van der Waals surface area (Å²) in [6.45, 7) is 10.9. The molecule has 25 heavy (non-hydrogen) atoms. The molecule has 6 nitrogen and oxygen atoms in total. The number of hydrogen-bond acceptors (Lipinski definition) is 4. The number of rotatable bonds is 7. The molecule has 1 heterocycles. The van der Waals surface area contributed by atoms with Crippen LogP contribution in [0.25, 0.3) is 0 Å². The standard InChI is InChI=1S/C19H29N3O3/c1-4-20-12-14-21(15-13-20)19(24)10-11-22(16(3)23)17-8-6-7-9-18(17)25-5-2/h6-9H,4-5,10-15H2,1-3H3. The van der Waals surface area contributed by atoms with Crippen LogP contribution in [0.4, 0.5) is 5.69 Å². The van der Waals surface area contributed by atoms with Gasteiger partial charge in [-0.2, -0.15) is 0 Å². The Morgan fingerprint density at radius 1 is 1.12 bits per heavy atom. The van der Waals surface area contributed by atoms with E-state index >= 15 is 0 Å². The zero-order valence-corrected chi connectivity index (χ0v) is 15.5. The van der Waals surface area contributed by atoms with Crippen LogP contribution in [-0.2, 0) is 9.59 Å². The Labute approximate surface area is 150 Å². The van der Waals surface area contributed by atoms with Gasteiger partial charge in [0, 0.05) is 46.1 Å². The minimum atomic E-state index is -0.0873. The highest BCUT2D eigenvalue weighted by Crippen LogP contribution is 2.28. The van der Waals surface area contributed by atoms with Gasteiger partial charge in [0.05, 0.1) is 12.3 Å². The SMILES string of the molecule is CCOc1ccccc1N(CCC(=O)N1CCN(CC)CC1)C(C)=O. The summed E-state index contributed by atoms with van der Waals surface area (Å²) in [4.78, 5) is 30.5. The lowest BCUT2D eigenvalue weighted by atomic mass is 10.2. The van der Waals surface area contributed by atoms with Gasteiger partial charge in [-0.25, -0.2) is 0 Å². The van der Waals surface area contributed by atoms with Crippen molar-refractivity contribution in [2.75, 3.05) is 50.8 Å². The van der Waals surface area contributed by atoms with Crippen LogP contribution in [-0.4, -0.2) is 67.5 Å². The number of ether oxygens (including phenoxy) is 1. The van der Waals surface area contributed by atoms with Crippen LogP contribution >= 0.6 is 0 Å². The predicted molar refractivity (Wildman–Crippen MR) is 98.9 cm³/mol. The maximum absolute atomic E-state index is 12.5. The zero-order valence-electron chi connectivity index (χ0n) is 15.5. The van der Waals surface area contributed by atoms with Crippen LogP contribution in [0.5, 0.6) is 5.75 Å². The molecule has 0 atom stereocenters. The highest BCUT2D eigenvalue weighted by molar-refractivity contribution is 5.93. The van der Waals surface area contributed by atoms with E-state index in [1.165, 1.54) is 6.92 Å². The fourth-order valence-corrected chi connectivity index (χ4v) is 3.08. The summed E-state index contributed by atoms with van der Waals surface area (Å²) < 4.78 is 5.62. The van der Waals surface area contributed by atoms with E-state index in [1.807, 2.05) is 36.1 Å². The van der Waals surface area contributed by atoms with E-state index in [2.05, 4.69) is 11.8 Å². The summed E-state index contributed by atoms with van der Waals surface area (Å²) in [5, 5.41) is 0. The molecule has 0 unspecified atom stereocenters. The van der Waals surface area contributed by atoms with Crippen LogP contribution < -0.4 is 9.64 Å². The van der Waals surface area contributed by atoms with E-state index in [-0.39, 0.29) is 11.8 Å². The lowest BCUT2D eigenvalue weighted by Gasteiger charge is -2.34. The van der Waals surface area contributed by atoms with Gasteiger partial charge in [-0.3, -0.25) is 9.59 Å². The molecule has 1 aliphatic rings. The third-order valence-electron chi connectivity index (χ3n) is 4.56. The Bertz CT molecular complexity index is 583. The lowest BCUT2D eigenvalue weighted by Crippen LogP contribution is -2.49. The maximum Gasteiger partial charge on any atom is 0.224 e. The van der Waals surface area contributed by atoms with Gasteiger partial charge in [-0.15, -0.1) is 0 Å². The van der Waals surface area contributed by atoms with Gasteiger partial charge in [-0.1, -0.05) is 19.1 Å². The van der Waals surface area contributed by atoms with Gasteiger partial charge in [0.1, 0.15) is 5.75 Å². The fraction of sp³-hybridized carbons (Fsp3) is 0.579. The van der Waals surface area contributed by atoms with Crippen molar-refractivity contribution >= 4 is 17.5 Å². The normalized spacial score (nSPS) is 15.1. The van der Waals surface area contributed by atoms with E-state index in [0.717, 1.165) is 38.4 Å². The first-order valence-corrected chi connectivity index (χ1v) is 9.06. The molecule has 1 aromatic rings. The van der Waals surface area contributed by atoms with Gasteiger partial charge in [0.15, 0.2) is 0 Å². The number of para-hydroxylation sites is 2. The first kappa shape index (κ1) is 19.2. The first-order chi connectivity index (χ1) is 12.1. The van der Waals surface area contributed by atoms with Crippen molar-refractivity contribution in [3.63, 3.8) is 0 Å². The van der Waals surface area contributed by atoms with E-state index in [1.54, 1.807) is 4.90 Å². The maximum atomic E-state index is 12.5. The van der Waals surface area contributed by atoms with Crippen molar-refractivity contribution in [2.24, 2.45) is 0 Å². The minimum absolute atomic E-state index is 0.0873. The Balaban J connectivity index is 1.98. The van der Waals surface area contributed by atoms with Crippen molar-refractivity contribution in [2.45, 2.75) is 27.2 Å². The molecule has 0 aliphatic carbocycles. The number of nitrogens with zero attached hydrogens (tertiary/aromatic N) is 3. The second kappa shape index (κ2) is 9.42. The van der Waals surface area contributed by atoms with Crippen molar-refractivity contribution in [3.8, 4) is 5.75 Å². The van der Waals surface area contributed by atoms with Crippen LogP contribution in [0.3, 0.4) is 0 Å². The van der Waals surface area contributed by atoms with E-state index in [9.17, 15) is 9.59 Å². The Hall–Kier alpha value is -2.08. The molecule has 0 saturated carbocycles. The van der Waals surface area contributed by atoms with Crippen molar-refractivity contribution in [1.82, 2.24) is 9.80 Å². The van der Waals surface area contributed by atoms with Crippen LogP contribution in [0.15, 0.2) is 24.3 Å². The fourth-order valence-electron chi connectivity index (χ4n) is 3.08. The number of likely N-dealkylation sites (N-methyl/N-ethyl adjacent to an activating group) is 1. The average Bonchev–Trinajstić information content (AvgIpc) is 2.63. The van der Waals surface area contributed by atoms with Gasteiger partial charge < -0.3 is 19.4 Å². The number of benzene rings is 1. The number of hydrogen-bond donors (Lipinski definition) is 0. The van der Waals surface area contributed by atoms with Crippen molar-refractivity contribution in [1.29, 1.82) is 0 Å². The molecule has 0 radical (unpaired) electrons. The van der Waals surface area contributed by atoms with E-state index < -0.39 is 0 Å². The molecule has 2 rings (SSSR count). The third-order valence-corrected chi connectivity index (χ3v) is 4.56. The number of carbonyl (C=O) groups is 2. The first-order valence-electron chi connectivity index (χ1n) is 9.06. The molecular formula is C19H29N3O3. The average molecular weight is 347 g/mol. The van der Waals surface area contributed by atoms with E-state index in [4.69, 9.17) is 4.74 Å². The Kier molecular flexibility index (Phi) is 7.25. The van der Waals surface area contributed by atoms with Gasteiger partial charge in [-0.05, 0) is 25.6 Å². The van der Waals surface area contributed by atoms with Crippen LogP contribution in [0.2, 0.25) is 0 Å². The number of piperazine rings is 1. The summed E-state index contributed by atoms with van der Waals surface area (Å²) in [5.41, 5.74) is 0.723. The predicted octanol–water partition coefficient (Wildman–Crippen LogP) is 1.99. The minimum Gasteiger partial charge on any atom is -0.492 e. The Morgan fingerprint density at radius 2 is 1.80 bits per heavy atom. The smallest absolute Gasteiger partial charge is 0.224 e. The molecule has 138 valence electrons. The van der Waals surface area contributed by atoms with Gasteiger partial charge >= 0.3 is 0 Å². The van der Waals surface area contributed by atoms with Crippen molar-refractivity contribution in [3.05, 3.63) is 24.3 Å². The topological polar surface area (TPSA) is 53.1 Å². The largest absolute Gasteiger partial charge is 0.492 e. The third kappa shape index (κ3) is 5.19. The molecular weight excluding hydrogens is 318 g/mol. The molecule has 0 aromatic heterocycles. The second-order valence-electron chi connectivity index (χ2n) is 6.14. The monoisotopic (exact) mass is 347 g/mol. The highest BCUT2D eigenvalue weighted by atomic mass is 16.5. The molecule has 2 amide bonds. The molecule has 6 heteroatoms. The van der Waals surface area contributed by atoms with Crippen LogP contribution in [0.1, 0.15) is 27.2 Å². The molecule has 1 aromatic carbocycles. The summed E-state index contributed by atoms with van der Waals surface area (Å²) in [6, 6.07) is 7.46. The number of anilines is 1. The molecule has 0 bridgehead atoms. The quantitative estimate of drug-likeness (QED) is 0.757. The van der Waals surface area contributed by atoms with E-state index in [0.29, 0.717) is 25.3 Å². The molecule has 0 N–H and O–H groups in total. The summed E-state index contributed by atoms with van der Waals surface area (Å²) in [6.07, 6.45) is 0.326. The Morgan fingerprint density at radius 3 is 2.40 bits per heavy atom.